The van der Waals surface area contributed by atoms with Crippen LogP contribution >= 0.6 is 0 Å². The van der Waals surface area contributed by atoms with Crippen LogP contribution in [0.3, 0.4) is 0 Å². The third-order valence-electron chi connectivity index (χ3n) is 4.82. The highest BCUT2D eigenvalue weighted by atomic mass is 16.5. The zero-order valence-electron chi connectivity index (χ0n) is 11.9. The molecule has 0 aromatic heterocycles. The van der Waals surface area contributed by atoms with Crippen LogP contribution in [0.25, 0.3) is 0 Å². The third kappa shape index (κ3) is 2.13. The Bertz CT molecular complexity index is 527. The summed E-state index contributed by atoms with van der Waals surface area (Å²) >= 11 is 0. The topological polar surface area (TPSA) is 55.8 Å². The number of rotatable bonds is 5. The fourth-order valence-electron chi connectivity index (χ4n) is 3.67. The van der Waals surface area contributed by atoms with Crippen molar-refractivity contribution in [3.05, 3.63) is 23.8 Å². The minimum Gasteiger partial charge on any atom is -0.493 e. The van der Waals surface area contributed by atoms with E-state index in [9.17, 15) is 9.90 Å². The van der Waals surface area contributed by atoms with E-state index in [0.717, 1.165) is 18.4 Å². The summed E-state index contributed by atoms with van der Waals surface area (Å²) in [6, 6.07) is 5.68. The van der Waals surface area contributed by atoms with E-state index in [1.807, 2.05) is 18.2 Å². The average molecular weight is 276 g/mol. The second-order valence-corrected chi connectivity index (χ2v) is 6.12. The SMILES string of the molecule is COc1ccc(CC2(C(=O)O)CC3CC3C2)cc1OC. The van der Waals surface area contributed by atoms with Gasteiger partial charge in [-0.1, -0.05) is 6.07 Å². The molecule has 20 heavy (non-hydrogen) atoms. The van der Waals surface area contributed by atoms with Gasteiger partial charge in [-0.2, -0.15) is 0 Å². The molecule has 0 spiro atoms. The summed E-state index contributed by atoms with van der Waals surface area (Å²) in [6.07, 6.45) is 3.44. The van der Waals surface area contributed by atoms with Gasteiger partial charge in [0, 0.05) is 0 Å². The van der Waals surface area contributed by atoms with E-state index in [2.05, 4.69) is 0 Å². The minimum atomic E-state index is -0.653. The molecular weight excluding hydrogens is 256 g/mol. The van der Waals surface area contributed by atoms with Crippen molar-refractivity contribution in [2.75, 3.05) is 14.2 Å². The lowest BCUT2D eigenvalue weighted by Gasteiger charge is -2.26. The number of hydrogen-bond acceptors (Lipinski definition) is 3. The molecule has 2 atom stereocenters. The molecule has 2 saturated carbocycles. The van der Waals surface area contributed by atoms with Gasteiger partial charge in [0.1, 0.15) is 0 Å². The summed E-state index contributed by atoms with van der Waals surface area (Å²) in [6.45, 7) is 0. The van der Waals surface area contributed by atoms with Crippen LogP contribution in [0.5, 0.6) is 11.5 Å². The van der Waals surface area contributed by atoms with E-state index in [4.69, 9.17) is 9.47 Å². The van der Waals surface area contributed by atoms with Crippen LogP contribution in [-0.2, 0) is 11.2 Å². The molecule has 0 amide bonds. The first-order valence-electron chi connectivity index (χ1n) is 7.02. The Hall–Kier alpha value is -1.71. The lowest BCUT2D eigenvalue weighted by molar-refractivity contribution is -0.149. The molecule has 2 unspecified atom stereocenters. The minimum absolute atomic E-state index is 0.576. The largest absolute Gasteiger partial charge is 0.493 e. The Morgan fingerprint density at radius 1 is 1.25 bits per heavy atom. The summed E-state index contributed by atoms with van der Waals surface area (Å²) in [5, 5.41) is 9.63. The van der Waals surface area contributed by atoms with Crippen molar-refractivity contribution in [2.45, 2.75) is 25.7 Å². The first-order chi connectivity index (χ1) is 9.58. The molecule has 108 valence electrons. The number of ether oxygens (including phenoxy) is 2. The maximum atomic E-state index is 11.7. The summed E-state index contributed by atoms with van der Waals surface area (Å²) in [5.41, 5.74) is 0.430. The summed E-state index contributed by atoms with van der Waals surface area (Å²) in [7, 11) is 3.19. The molecule has 2 aliphatic rings. The first-order valence-corrected chi connectivity index (χ1v) is 7.02. The summed E-state index contributed by atoms with van der Waals surface area (Å²) in [4.78, 5) is 11.7. The summed E-state index contributed by atoms with van der Waals surface area (Å²) < 4.78 is 10.5. The maximum absolute atomic E-state index is 11.7. The predicted molar refractivity (Wildman–Crippen MR) is 74.1 cm³/mol. The number of methoxy groups -OCH3 is 2. The van der Waals surface area contributed by atoms with E-state index in [-0.39, 0.29) is 0 Å². The molecule has 1 aromatic carbocycles. The van der Waals surface area contributed by atoms with Crippen molar-refractivity contribution in [3.63, 3.8) is 0 Å². The van der Waals surface area contributed by atoms with E-state index in [1.165, 1.54) is 6.42 Å². The number of benzene rings is 1. The highest BCUT2D eigenvalue weighted by Crippen LogP contribution is 2.61. The van der Waals surface area contributed by atoms with Crippen molar-refractivity contribution in [2.24, 2.45) is 17.3 Å². The van der Waals surface area contributed by atoms with Gasteiger partial charge in [0.2, 0.25) is 0 Å². The van der Waals surface area contributed by atoms with Gasteiger partial charge in [-0.15, -0.1) is 0 Å². The number of carboxylic acids is 1. The van der Waals surface area contributed by atoms with Gasteiger partial charge >= 0.3 is 5.97 Å². The van der Waals surface area contributed by atoms with E-state index < -0.39 is 11.4 Å². The maximum Gasteiger partial charge on any atom is 0.309 e. The molecule has 4 heteroatoms. The van der Waals surface area contributed by atoms with Crippen molar-refractivity contribution < 1.29 is 19.4 Å². The molecule has 0 aliphatic heterocycles. The van der Waals surface area contributed by atoms with Gasteiger partial charge in [0.25, 0.3) is 0 Å². The fourth-order valence-corrected chi connectivity index (χ4v) is 3.67. The Kier molecular flexibility index (Phi) is 3.11. The van der Waals surface area contributed by atoms with Crippen LogP contribution in [0, 0.1) is 17.3 Å². The lowest BCUT2D eigenvalue weighted by atomic mass is 9.77. The molecule has 0 heterocycles. The third-order valence-corrected chi connectivity index (χ3v) is 4.82. The monoisotopic (exact) mass is 276 g/mol. The smallest absolute Gasteiger partial charge is 0.309 e. The van der Waals surface area contributed by atoms with Gasteiger partial charge in [-0.25, -0.2) is 0 Å². The van der Waals surface area contributed by atoms with Crippen LogP contribution in [0.1, 0.15) is 24.8 Å². The molecule has 2 aliphatic carbocycles. The lowest BCUT2D eigenvalue weighted by Crippen LogP contribution is -2.31. The Balaban J connectivity index is 1.84. The highest BCUT2D eigenvalue weighted by molar-refractivity contribution is 5.76. The molecule has 1 N–H and O–H groups in total. The Labute approximate surface area is 118 Å². The van der Waals surface area contributed by atoms with Crippen molar-refractivity contribution in [1.29, 1.82) is 0 Å². The van der Waals surface area contributed by atoms with Gasteiger partial charge in [-0.05, 0) is 55.2 Å². The van der Waals surface area contributed by atoms with Gasteiger partial charge < -0.3 is 14.6 Å². The fraction of sp³-hybridized carbons (Fsp3) is 0.562. The van der Waals surface area contributed by atoms with Gasteiger partial charge in [-0.3, -0.25) is 4.79 Å². The zero-order chi connectivity index (χ0) is 14.3. The number of aliphatic carboxylic acids is 1. The van der Waals surface area contributed by atoms with Gasteiger partial charge in [0.15, 0.2) is 11.5 Å². The molecule has 2 fully saturated rings. The average Bonchev–Trinajstić information content (AvgIpc) is 3.06. The van der Waals surface area contributed by atoms with Crippen LogP contribution in [0.2, 0.25) is 0 Å². The number of hydrogen-bond donors (Lipinski definition) is 1. The van der Waals surface area contributed by atoms with Crippen LogP contribution in [0.4, 0.5) is 0 Å². The Morgan fingerprint density at radius 3 is 2.45 bits per heavy atom. The quantitative estimate of drug-likeness (QED) is 0.898. The van der Waals surface area contributed by atoms with Gasteiger partial charge in [0.05, 0.1) is 19.6 Å². The molecule has 4 nitrogen and oxygen atoms in total. The van der Waals surface area contributed by atoms with Crippen molar-refractivity contribution in [1.82, 2.24) is 0 Å². The standard InChI is InChI=1S/C16H20O4/c1-19-13-4-3-10(5-14(13)20-2)7-16(15(17)18)8-11-6-12(11)9-16/h3-5,11-12H,6-9H2,1-2H3,(H,17,18). The zero-order valence-corrected chi connectivity index (χ0v) is 11.9. The summed E-state index contributed by atoms with van der Waals surface area (Å²) in [5.74, 6) is 1.97. The number of carboxylic acid groups (broad SMARTS) is 1. The molecular formula is C16H20O4. The second kappa shape index (κ2) is 4.69. The number of carbonyl (C=O) groups is 1. The normalized spacial score (nSPS) is 30.7. The molecule has 0 radical (unpaired) electrons. The van der Waals surface area contributed by atoms with Crippen molar-refractivity contribution >= 4 is 5.97 Å². The van der Waals surface area contributed by atoms with E-state index >= 15 is 0 Å². The molecule has 3 rings (SSSR count). The molecule has 1 aromatic rings. The van der Waals surface area contributed by atoms with Crippen LogP contribution in [-0.4, -0.2) is 25.3 Å². The van der Waals surface area contributed by atoms with E-state index in [0.29, 0.717) is 29.8 Å². The Morgan fingerprint density at radius 2 is 1.90 bits per heavy atom. The predicted octanol–water partition coefficient (Wildman–Crippen LogP) is 2.75. The van der Waals surface area contributed by atoms with Crippen molar-refractivity contribution in [3.8, 4) is 11.5 Å². The second-order valence-electron chi connectivity index (χ2n) is 6.12. The van der Waals surface area contributed by atoms with Crippen LogP contribution in [0.15, 0.2) is 18.2 Å². The number of fused-ring (bicyclic) bond motifs is 1. The first kappa shape index (κ1) is 13.3. The molecule has 0 saturated heterocycles. The van der Waals surface area contributed by atoms with Crippen LogP contribution < -0.4 is 9.47 Å². The van der Waals surface area contributed by atoms with E-state index in [1.54, 1.807) is 14.2 Å². The highest BCUT2D eigenvalue weighted by Gasteiger charge is 2.57. The molecule has 0 bridgehead atoms.